The SMILES string of the molecule is C1=CC(CCCCC2CCCC2)C1. The average Bonchev–Trinajstić information content (AvgIpc) is 2.53. The Morgan fingerprint density at radius 1 is 1.00 bits per heavy atom. The third-order valence-electron chi connectivity index (χ3n) is 3.76. The number of allylic oxidation sites excluding steroid dienone is 2. The normalized spacial score (nSPS) is 27.8. The van der Waals surface area contributed by atoms with Crippen molar-refractivity contribution in [1.29, 1.82) is 0 Å². The third-order valence-corrected chi connectivity index (χ3v) is 3.76. The molecule has 74 valence electrons. The third kappa shape index (κ3) is 2.86. The van der Waals surface area contributed by atoms with Crippen LogP contribution in [0.25, 0.3) is 0 Å². The van der Waals surface area contributed by atoms with Crippen LogP contribution >= 0.6 is 0 Å². The molecule has 0 amide bonds. The lowest BCUT2D eigenvalue weighted by Gasteiger charge is -2.17. The second-order valence-corrected chi connectivity index (χ2v) is 4.86. The molecule has 0 N–H and O–H groups in total. The maximum Gasteiger partial charge on any atom is -0.0199 e. The Morgan fingerprint density at radius 3 is 2.31 bits per heavy atom. The van der Waals surface area contributed by atoms with E-state index in [4.69, 9.17) is 0 Å². The Morgan fingerprint density at radius 2 is 1.69 bits per heavy atom. The van der Waals surface area contributed by atoms with E-state index in [1.807, 2.05) is 0 Å². The van der Waals surface area contributed by atoms with Gasteiger partial charge in [0.15, 0.2) is 0 Å². The topological polar surface area (TPSA) is 0 Å². The van der Waals surface area contributed by atoms with E-state index in [2.05, 4.69) is 12.2 Å². The van der Waals surface area contributed by atoms with E-state index in [0.29, 0.717) is 0 Å². The summed E-state index contributed by atoms with van der Waals surface area (Å²) in [6.07, 6.45) is 18.1. The summed E-state index contributed by atoms with van der Waals surface area (Å²) < 4.78 is 0. The fraction of sp³-hybridized carbons (Fsp3) is 0.846. The molecule has 0 heteroatoms. The molecule has 0 heterocycles. The van der Waals surface area contributed by atoms with Gasteiger partial charge in [-0.25, -0.2) is 0 Å². The Hall–Kier alpha value is -0.260. The maximum atomic E-state index is 2.38. The molecule has 0 aromatic rings. The first-order chi connectivity index (χ1) is 6.45. The van der Waals surface area contributed by atoms with Crippen molar-refractivity contribution in [2.24, 2.45) is 11.8 Å². The summed E-state index contributed by atoms with van der Waals surface area (Å²) >= 11 is 0. The standard InChI is InChI=1S/C13H22/c1-2-7-12(6-1)8-3-4-9-13-10-5-11-13/h5,10,12-13H,1-4,6-9,11H2. The van der Waals surface area contributed by atoms with Crippen LogP contribution in [0.2, 0.25) is 0 Å². The molecule has 0 spiro atoms. The summed E-state index contributed by atoms with van der Waals surface area (Å²) in [6, 6.07) is 0. The van der Waals surface area contributed by atoms with Crippen LogP contribution < -0.4 is 0 Å². The molecule has 1 atom stereocenters. The first-order valence-corrected chi connectivity index (χ1v) is 6.12. The molecule has 0 bridgehead atoms. The van der Waals surface area contributed by atoms with Gasteiger partial charge in [-0.2, -0.15) is 0 Å². The molecule has 2 aliphatic rings. The predicted molar refractivity (Wildman–Crippen MR) is 57.7 cm³/mol. The summed E-state index contributed by atoms with van der Waals surface area (Å²) in [7, 11) is 0. The predicted octanol–water partition coefficient (Wildman–Crippen LogP) is 4.31. The van der Waals surface area contributed by atoms with Crippen LogP contribution in [-0.2, 0) is 0 Å². The van der Waals surface area contributed by atoms with Crippen LogP contribution in [0, 0.1) is 11.8 Å². The molecule has 1 saturated carbocycles. The van der Waals surface area contributed by atoms with Gasteiger partial charge in [0, 0.05) is 0 Å². The maximum absolute atomic E-state index is 2.38. The number of hydrogen-bond donors (Lipinski definition) is 0. The smallest absolute Gasteiger partial charge is 0.0199 e. The van der Waals surface area contributed by atoms with Crippen molar-refractivity contribution in [2.75, 3.05) is 0 Å². The van der Waals surface area contributed by atoms with E-state index in [1.165, 1.54) is 57.8 Å². The van der Waals surface area contributed by atoms with Crippen molar-refractivity contribution in [3.05, 3.63) is 12.2 Å². The highest BCUT2D eigenvalue weighted by atomic mass is 14.2. The van der Waals surface area contributed by atoms with Gasteiger partial charge in [-0.1, -0.05) is 57.1 Å². The second kappa shape index (κ2) is 4.83. The Kier molecular flexibility index (Phi) is 3.46. The van der Waals surface area contributed by atoms with E-state index >= 15 is 0 Å². The van der Waals surface area contributed by atoms with Crippen LogP contribution in [-0.4, -0.2) is 0 Å². The van der Waals surface area contributed by atoms with Crippen molar-refractivity contribution in [3.63, 3.8) is 0 Å². The quantitative estimate of drug-likeness (QED) is 0.434. The van der Waals surface area contributed by atoms with Gasteiger partial charge >= 0.3 is 0 Å². The van der Waals surface area contributed by atoms with Gasteiger partial charge in [-0.3, -0.25) is 0 Å². The van der Waals surface area contributed by atoms with E-state index in [-0.39, 0.29) is 0 Å². The molecule has 0 radical (unpaired) electrons. The zero-order valence-electron chi connectivity index (χ0n) is 8.67. The molecular formula is C13H22. The molecule has 1 fully saturated rings. The summed E-state index contributed by atoms with van der Waals surface area (Å²) in [6.45, 7) is 0. The van der Waals surface area contributed by atoms with Crippen molar-refractivity contribution in [2.45, 2.75) is 57.8 Å². The minimum Gasteiger partial charge on any atom is -0.0877 e. The molecule has 0 saturated heterocycles. The highest BCUT2D eigenvalue weighted by molar-refractivity contribution is 5.01. The first-order valence-electron chi connectivity index (χ1n) is 6.12. The largest absolute Gasteiger partial charge is 0.0877 e. The van der Waals surface area contributed by atoms with E-state index in [0.717, 1.165) is 11.8 Å². The molecular weight excluding hydrogens is 156 g/mol. The van der Waals surface area contributed by atoms with Gasteiger partial charge in [0.1, 0.15) is 0 Å². The molecule has 2 aliphatic carbocycles. The molecule has 0 aliphatic heterocycles. The minimum absolute atomic E-state index is 0.962. The molecule has 0 aromatic carbocycles. The van der Waals surface area contributed by atoms with E-state index < -0.39 is 0 Å². The summed E-state index contributed by atoms with van der Waals surface area (Å²) in [5.41, 5.74) is 0. The molecule has 1 unspecified atom stereocenters. The van der Waals surface area contributed by atoms with Gasteiger partial charge in [-0.15, -0.1) is 0 Å². The van der Waals surface area contributed by atoms with Crippen LogP contribution in [0.3, 0.4) is 0 Å². The molecule has 2 rings (SSSR count). The Balaban J connectivity index is 1.46. The van der Waals surface area contributed by atoms with Gasteiger partial charge < -0.3 is 0 Å². The average molecular weight is 178 g/mol. The molecule has 13 heavy (non-hydrogen) atoms. The monoisotopic (exact) mass is 178 g/mol. The van der Waals surface area contributed by atoms with Crippen LogP contribution in [0.15, 0.2) is 12.2 Å². The highest BCUT2D eigenvalue weighted by Crippen LogP contribution is 2.30. The zero-order chi connectivity index (χ0) is 8.93. The van der Waals surface area contributed by atoms with Crippen molar-refractivity contribution in [3.8, 4) is 0 Å². The Bertz CT molecular complexity index is 163. The number of rotatable bonds is 5. The Labute approximate surface area is 82.4 Å². The fourth-order valence-electron chi connectivity index (χ4n) is 2.68. The van der Waals surface area contributed by atoms with Crippen LogP contribution in [0.4, 0.5) is 0 Å². The second-order valence-electron chi connectivity index (χ2n) is 4.86. The van der Waals surface area contributed by atoms with Crippen LogP contribution in [0.1, 0.15) is 57.8 Å². The fourth-order valence-corrected chi connectivity index (χ4v) is 2.68. The summed E-state index contributed by atoms with van der Waals surface area (Å²) in [5.74, 6) is 2.07. The lowest BCUT2D eigenvalue weighted by Crippen LogP contribution is -2.02. The zero-order valence-corrected chi connectivity index (χ0v) is 8.67. The van der Waals surface area contributed by atoms with Gasteiger partial charge in [0.25, 0.3) is 0 Å². The van der Waals surface area contributed by atoms with Gasteiger partial charge in [0.2, 0.25) is 0 Å². The first kappa shape index (κ1) is 9.30. The summed E-state index contributed by atoms with van der Waals surface area (Å²) in [5, 5.41) is 0. The van der Waals surface area contributed by atoms with Crippen molar-refractivity contribution < 1.29 is 0 Å². The number of hydrogen-bond acceptors (Lipinski definition) is 0. The lowest BCUT2D eigenvalue weighted by molar-refractivity contribution is 0.442. The molecule has 0 nitrogen and oxygen atoms in total. The minimum atomic E-state index is 0.962. The van der Waals surface area contributed by atoms with E-state index in [9.17, 15) is 0 Å². The van der Waals surface area contributed by atoms with Crippen molar-refractivity contribution in [1.82, 2.24) is 0 Å². The van der Waals surface area contributed by atoms with Crippen molar-refractivity contribution >= 4 is 0 Å². The number of unbranched alkanes of at least 4 members (excludes halogenated alkanes) is 1. The van der Waals surface area contributed by atoms with E-state index in [1.54, 1.807) is 0 Å². The highest BCUT2D eigenvalue weighted by Gasteiger charge is 2.14. The van der Waals surface area contributed by atoms with Gasteiger partial charge in [0.05, 0.1) is 0 Å². The van der Waals surface area contributed by atoms with Gasteiger partial charge in [-0.05, 0) is 24.7 Å². The molecule has 0 aromatic heterocycles. The van der Waals surface area contributed by atoms with Crippen LogP contribution in [0.5, 0.6) is 0 Å². The summed E-state index contributed by atoms with van der Waals surface area (Å²) in [4.78, 5) is 0. The lowest BCUT2D eigenvalue weighted by atomic mass is 9.89.